The summed E-state index contributed by atoms with van der Waals surface area (Å²) in [7, 11) is 1.63. The maximum absolute atomic E-state index is 13.5. The Morgan fingerprint density at radius 2 is 1.40 bits per heavy atom. The van der Waals surface area contributed by atoms with Gasteiger partial charge in [-0.1, -0.05) is 48.6 Å². The molecule has 0 heterocycles. The first-order chi connectivity index (χ1) is 12.1. The van der Waals surface area contributed by atoms with E-state index in [1.807, 2.05) is 36.4 Å². The Bertz CT molecular complexity index is 861. The Balaban J connectivity index is 1.72. The molecule has 3 aliphatic rings. The van der Waals surface area contributed by atoms with Crippen molar-refractivity contribution in [3.8, 4) is 5.75 Å². The molecule has 0 aromatic heterocycles. The minimum Gasteiger partial charge on any atom is -0.497 e. The zero-order valence-electron chi connectivity index (χ0n) is 13.9. The van der Waals surface area contributed by atoms with Gasteiger partial charge in [0.15, 0.2) is 0 Å². The summed E-state index contributed by atoms with van der Waals surface area (Å²) in [5.41, 5.74) is 0.407. The molecule has 25 heavy (non-hydrogen) atoms. The van der Waals surface area contributed by atoms with E-state index in [-0.39, 0.29) is 23.6 Å². The predicted octanol–water partition coefficient (Wildman–Crippen LogP) is 3.96. The van der Waals surface area contributed by atoms with E-state index in [1.54, 1.807) is 7.11 Å². The third-order valence-electron chi connectivity index (χ3n) is 6.35. The number of halogens is 1. The third-order valence-corrected chi connectivity index (χ3v) is 6.35. The van der Waals surface area contributed by atoms with Gasteiger partial charge in [0.05, 0.1) is 7.11 Å². The van der Waals surface area contributed by atoms with Gasteiger partial charge in [0.1, 0.15) is 17.2 Å². The molecule has 2 bridgehead atoms. The predicted molar refractivity (Wildman–Crippen MR) is 93.7 cm³/mol. The molecule has 0 radical (unpaired) electrons. The molecule has 5 rings (SSSR count). The molecule has 1 saturated carbocycles. The zero-order chi connectivity index (χ0) is 17.2. The Morgan fingerprint density at radius 1 is 0.840 bits per heavy atom. The first kappa shape index (κ1) is 14.9. The molecule has 1 N–H and O–H groups in total. The van der Waals surface area contributed by atoms with Gasteiger partial charge in [-0.2, -0.15) is 0 Å². The number of allylic oxidation sites excluding steroid dienone is 2. The van der Waals surface area contributed by atoms with Gasteiger partial charge in [0.2, 0.25) is 0 Å². The summed E-state index contributed by atoms with van der Waals surface area (Å²) in [6, 6.07) is 14.3. The van der Waals surface area contributed by atoms with Gasteiger partial charge in [0.25, 0.3) is 0 Å². The SMILES string of the molecule is COc1ccc([C@@]2(O)C3C=C[C@@H]4[C@H](C=C3)C42c2ccc(F)cc2)cc1. The molecule has 3 aliphatic carbocycles. The van der Waals surface area contributed by atoms with E-state index in [0.717, 1.165) is 16.9 Å². The van der Waals surface area contributed by atoms with Crippen LogP contribution >= 0.6 is 0 Å². The topological polar surface area (TPSA) is 29.5 Å². The zero-order valence-corrected chi connectivity index (χ0v) is 13.9. The number of fused-ring (bicyclic) bond motifs is 2. The molecular weight excluding hydrogens is 315 g/mol. The lowest BCUT2D eigenvalue weighted by atomic mass is 9.61. The molecule has 0 saturated heterocycles. The van der Waals surface area contributed by atoms with Gasteiger partial charge in [0, 0.05) is 11.3 Å². The van der Waals surface area contributed by atoms with Crippen LogP contribution in [0.3, 0.4) is 0 Å². The number of hydrogen-bond acceptors (Lipinski definition) is 2. The van der Waals surface area contributed by atoms with Crippen molar-refractivity contribution >= 4 is 0 Å². The summed E-state index contributed by atoms with van der Waals surface area (Å²) in [6.45, 7) is 0. The van der Waals surface area contributed by atoms with Crippen molar-refractivity contribution in [2.45, 2.75) is 11.0 Å². The van der Waals surface area contributed by atoms with E-state index < -0.39 is 11.0 Å². The van der Waals surface area contributed by atoms with Crippen LogP contribution in [0, 0.1) is 23.6 Å². The molecule has 0 spiro atoms. The Hall–Kier alpha value is -2.39. The average Bonchev–Trinajstić information content (AvgIpc) is 3.36. The van der Waals surface area contributed by atoms with Crippen LogP contribution in [0.2, 0.25) is 0 Å². The van der Waals surface area contributed by atoms with E-state index in [9.17, 15) is 9.50 Å². The van der Waals surface area contributed by atoms with Crippen LogP contribution in [0.5, 0.6) is 5.75 Å². The molecule has 2 aromatic carbocycles. The van der Waals surface area contributed by atoms with Gasteiger partial charge in [-0.3, -0.25) is 0 Å². The van der Waals surface area contributed by atoms with Crippen molar-refractivity contribution in [3.05, 3.63) is 89.8 Å². The lowest BCUT2D eigenvalue weighted by molar-refractivity contribution is -0.0435. The Kier molecular flexibility index (Phi) is 2.88. The van der Waals surface area contributed by atoms with E-state index in [4.69, 9.17) is 4.74 Å². The fourth-order valence-electron chi connectivity index (χ4n) is 5.20. The van der Waals surface area contributed by atoms with Crippen molar-refractivity contribution < 1.29 is 14.2 Å². The van der Waals surface area contributed by atoms with Crippen LogP contribution in [-0.2, 0) is 11.0 Å². The summed E-state index contributed by atoms with van der Waals surface area (Å²) in [5, 5.41) is 12.0. The summed E-state index contributed by atoms with van der Waals surface area (Å²) in [6.07, 6.45) is 8.66. The van der Waals surface area contributed by atoms with Crippen molar-refractivity contribution in [1.29, 1.82) is 0 Å². The van der Waals surface area contributed by atoms with Crippen molar-refractivity contribution in [3.63, 3.8) is 0 Å². The lowest BCUT2D eigenvalue weighted by Gasteiger charge is -2.46. The molecule has 1 fully saturated rings. The van der Waals surface area contributed by atoms with Crippen LogP contribution < -0.4 is 4.74 Å². The van der Waals surface area contributed by atoms with E-state index >= 15 is 0 Å². The maximum Gasteiger partial charge on any atom is 0.123 e. The molecule has 2 nitrogen and oxygen atoms in total. The van der Waals surface area contributed by atoms with Crippen LogP contribution in [0.25, 0.3) is 0 Å². The summed E-state index contributed by atoms with van der Waals surface area (Å²) in [4.78, 5) is 0. The van der Waals surface area contributed by atoms with Gasteiger partial charge >= 0.3 is 0 Å². The molecular formula is C22H19FO2. The number of ether oxygens (including phenoxy) is 1. The van der Waals surface area contributed by atoms with Crippen molar-refractivity contribution in [1.82, 2.24) is 0 Å². The second-order valence-electron chi connectivity index (χ2n) is 7.22. The van der Waals surface area contributed by atoms with E-state index in [0.29, 0.717) is 0 Å². The first-order valence-electron chi connectivity index (χ1n) is 8.62. The number of rotatable bonds is 3. The second kappa shape index (κ2) is 4.83. The minimum absolute atomic E-state index is 0.0963. The van der Waals surface area contributed by atoms with Crippen molar-refractivity contribution in [2.75, 3.05) is 7.11 Å². The van der Waals surface area contributed by atoms with E-state index in [1.165, 1.54) is 12.1 Å². The molecule has 2 aromatic rings. The average molecular weight is 334 g/mol. The fourth-order valence-corrected chi connectivity index (χ4v) is 5.20. The molecule has 3 heteroatoms. The smallest absolute Gasteiger partial charge is 0.123 e. The largest absolute Gasteiger partial charge is 0.497 e. The quantitative estimate of drug-likeness (QED) is 0.861. The van der Waals surface area contributed by atoms with Gasteiger partial charge in [-0.05, 0) is 47.2 Å². The van der Waals surface area contributed by atoms with Crippen molar-refractivity contribution in [2.24, 2.45) is 17.8 Å². The number of hydrogen-bond donors (Lipinski definition) is 1. The lowest BCUT2D eigenvalue weighted by Crippen LogP contribution is -2.49. The minimum atomic E-state index is -1.05. The number of aliphatic hydroxyl groups is 1. The molecule has 126 valence electrons. The molecule has 2 unspecified atom stereocenters. The third kappa shape index (κ3) is 1.67. The van der Waals surface area contributed by atoms with E-state index in [2.05, 4.69) is 24.3 Å². The van der Waals surface area contributed by atoms with Gasteiger partial charge in [-0.15, -0.1) is 0 Å². The number of methoxy groups -OCH3 is 1. The van der Waals surface area contributed by atoms with Gasteiger partial charge < -0.3 is 9.84 Å². The monoisotopic (exact) mass is 334 g/mol. The summed E-state index contributed by atoms with van der Waals surface area (Å²) >= 11 is 0. The van der Waals surface area contributed by atoms with Crippen LogP contribution in [0.1, 0.15) is 11.1 Å². The molecule has 0 amide bonds. The van der Waals surface area contributed by atoms with Crippen LogP contribution in [0.15, 0.2) is 72.8 Å². The summed E-state index contributed by atoms with van der Waals surface area (Å²) < 4.78 is 18.7. The number of benzene rings is 2. The van der Waals surface area contributed by atoms with Crippen LogP contribution in [0.4, 0.5) is 4.39 Å². The van der Waals surface area contributed by atoms with Gasteiger partial charge in [-0.25, -0.2) is 4.39 Å². The summed E-state index contributed by atoms with van der Waals surface area (Å²) in [5.74, 6) is 0.890. The second-order valence-corrected chi connectivity index (χ2v) is 7.22. The first-order valence-corrected chi connectivity index (χ1v) is 8.62. The highest BCUT2D eigenvalue weighted by Crippen LogP contribution is 2.75. The Morgan fingerprint density at radius 3 is 1.96 bits per heavy atom. The normalized spacial score (nSPS) is 37.0. The highest BCUT2D eigenvalue weighted by atomic mass is 19.1. The highest BCUT2D eigenvalue weighted by molar-refractivity contribution is 5.56. The highest BCUT2D eigenvalue weighted by Gasteiger charge is 2.77. The fraction of sp³-hybridized carbons (Fsp3) is 0.273. The molecule has 0 aliphatic heterocycles. The Labute approximate surface area is 146 Å². The molecule has 5 atom stereocenters. The van der Waals surface area contributed by atoms with Crippen LogP contribution in [-0.4, -0.2) is 12.2 Å². The standard InChI is InChI=1S/C22H19FO2/c1-25-18-10-4-15(5-11-18)22(24)16-6-12-19-20(13-7-16)21(19,22)14-2-8-17(23)9-3-14/h2-13,16,19-20,24H,1H3/t16?,19-,20+,21?,22-/m1/s1. The maximum atomic E-state index is 13.5.